The molecule has 5 nitrogen and oxygen atoms in total. The van der Waals surface area contributed by atoms with Crippen LogP contribution in [-0.4, -0.2) is 10.1 Å². The normalized spacial score (nSPS) is 12.4. The lowest BCUT2D eigenvalue weighted by molar-refractivity contribution is 0.392. The molecule has 0 bridgehead atoms. The third-order valence-corrected chi connectivity index (χ3v) is 3.41. The second-order valence-electron chi connectivity index (χ2n) is 4.19. The number of anilines is 2. The van der Waals surface area contributed by atoms with Gasteiger partial charge in [0.05, 0.1) is 33.8 Å². The Bertz CT molecular complexity index is 527. The summed E-state index contributed by atoms with van der Waals surface area (Å²) in [6.45, 7) is 5.87. The molecule has 0 fully saturated rings. The monoisotopic (exact) mass is 310 g/mol. The van der Waals surface area contributed by atoms with E-state index in [9.17, 15) is 0 Å². The molecule has 96 valence electrons. The van der Waals surface area contributed by atoms with Crippen LogP contribution in [0.25, 0.3) is 0 Å². The lowest BCUT2D eigenvalue weighted by atomic mass is 10.1. The van der Waals surface area contributed by atoms with E-state index >= 15 is 0 Å². The number of aryl methyl sites for hydroxylation is 2. The Morgan fingerprint density at radius 2 is 2.11 bits per heavy atom. The highest BCUT2D eigenvalue weighted by atomic mass is 79.9. The Morgan fingerprint density at radius 3 is 2.67 bits per heavy atom. The molecule has 0 saturated heterocycles. The third-order valence-electron chi connectivity index (χ3n) is 2.81. The van der Waals surface area contributed by atoms with Crippen LogP contribution in [0.3, 0.4) is 0 Å². The minimum absolute atomic E-state index is 0.0530. The average molecular weight is 311 g/mol. The van der Waals surface area contributed by atoms with Crippen LogP contribution in [0.1, 0.15) is 30.0 Å². The van der Waals surface area contributed by atoms with Gasteiger partial charge < -0.3 is 15.6 Å². The Kier molecular flexibility index (Phi) is 3.56. The summed E-state index contributed by atoms with van der Waals surface area (Å²) in [6, 6.07) is 0.0530. The number of hydrogen-bond donors (Lipinski definition) is 2. The minimum Gasteiger partial charge on any atom is -0.396 e. The summed E-state index contributed by atoms with van der Waals surface area (Å²) in [5, 5.41) is 7.30. The van der Waals surface area contributed by atoms with E-state index in [1.54, 1.807) is 12.4 Å². The van der Waals surface area contributed by atoms with Gasteiger partial charge in [0.25, 0.3) is 0 Å². The second-order valence-corrected chi connectivity index (χ2v) is 5.04. The Labute approximate surface area is 114 Å². The molecule has 0 aromatic carbocycles. The molecule has 2 rings (SSSR count). The highest BCUT2D eigenvalue weighted by Crippen LogP contribution is 2.32. The van der Waals surface area contributed by atoms with E-state index in [0.717, 1.165) is 27.2 Å². The number of pyridine rings is 1. The molecular weight excluding hydrogens is 296 g/mol. The van der Waals surface area contributed by atoms with E-state index in [2.05, 4.69) is 31.4 Å². The standard InChI is InChI=1S/C12H15BrN4O/c1-6(11-7(2)17-18-8(11)3)16-12-9(13)4-15-5-10(12)14/h4-6H,14H2,1-3H3,(H,15,16). The van der Waals surface area contributed by atoms with Gasteiger partial charge in [0, 0.05) is 11.8 Å². The van der Waals surface area contributed by atoms with E-state index in [-0.39, 0.29) is 6.04 Å². The summed E-state index contributed by atoms with van der Waals surface area (Å²) < 4.78 is 6.00. The first kappa shape index (κ1) is 12.9. The molecular formula is C12H15BrN4O. The first-order chi connectivity index (χ1) is 8.50. The summed E-state index contributed by atoms with van der Waals surface area (Å²) in [7, 11) is 0. The highest BCUT2D eigenvalue weighted by molar-refractivity contribution is 9.10. The van der Waals surface area contributed by atoms with Gasteiger partial charge in [0.1, 0.15) is 5.76 Å². The van der Waals surface area contributed by atoms with Crippen molar-refractivity contribution in [3.05, 3.63) is 33.9 Å². The molecule has 0 aliphatic rings. The van der Waals surface area contributed by atoms with Crippen molar-refractivity contribution in [3.63, 3.8) is 0 Å². The predicted molar refractivity (Wildman–Crippen MR) is 74.4 cm³/mol. The summed E-state index contributed by atoms with van der Waals surface area (Å²) in [6.07, 6.45) is 3.33. The molecule has 1 atom stereocenters. The Morgan fingerprint density at radius 1 is 1.39 bits per heavy atom. The number of nitrogens with two attached hydrogens (primary N) is 1. The Hall–Kier alpha value is -1.56. The summed E-state index contributed by atoms with van der Waals surface area (Å²) >= 11 is 3.43. The van der Waals surface area contributed by atoms with Crippen LogP contribution in [0.2, 0.25) is 0 Å². The van der Waals surface area contributed by atoms with Gasteiger partial charge in [-0.2, -0.15) is 0 Å². The van der Waals surface area contributed by atoms with Gasteiger partial charge in [0.2, 0.25) is 0 Å². The maximum Gasteiger partial charge on any atom is 0.139 e. The van der Waals surface area contributed by atoms with Gasteiger partial charge in [-0.3, -0.25) is 4.98 Å². The smallest absolute Gasteiger partial charge is 0.139 e. The predicted octanol–water partition coefficient (Wildman–Crippen LogP) is 3.20. The van der Waals surface area contributed by atoms with Crippen molar-refractivity contribution in [1.29, 1.82) is 0 Å². The van der Waals surface area contributed by atoms with Crippen molar-refractivity contribution in [3.8, 4) is 0 Å². The van der Waals surface area contributed by atoms with Crippen LogP contribution in [0, 0.1) is 13.8 Å². The first-order valence-electron chi connectivity index (χ1n) is 5.59. The number of nitrogens with zero attached hydrogens (tertiary/aromatic N) is 2. The van der Waals surface area contributed by atoms with E-state index in [1.165, 1.54) is 0 Å². The van der Waals surface area contributed by atoms with Gasteiger partial charge in [0.15, 0.2) is 0 Å². The van der Waals surface area contributed by atoms with E-state index in [1.807, 2.05) is 20.8 Å². The van der Waals surface area contributed by atoms with Crippen molar-refractivity contribution in [2.75, 3.05) is 11.1 Å². The summed E-state index contributed by atoms with van der Waals surface area (Å²) in [4.78, 5) is 4.01. The molecule has 1 unspecified atom stereocenters. The molecule has 18 heavy (non-hydrogen) atoms. The average Bonchev–Trinajstić information content (AvgIpc) is 2.64. The SMILES string of the molecule is Cc1noc(C)c1C(C)Nc1c(N)cncc1Br. The number of nitrogen functional groups attached to an aromatic ring is 1. The fourth-order valence-corrected chi connectivity index (χ4v) is 2.46. The zero-order valence-corrected chi connectivity index (χ0v) is 12.1. The van der Waals surface area contributed by atoms with Crippen LogP contribution in [0.4, 0.5) is 11.4 Å². The van der Waals surface area contributed by atoms with Gasteiger partial charge in [-0.15, -0.1) is 0 Å². The molecule has 2 heterocycles. The zero-order chi connectivity index (χ0) is 13.3. The van der Waals surface area contributed by atoms with Gasteiger partial charge in [-0.25, -0.2) is 0 Å². The fraction of sp³-hybridized carbons (Fsp3) is 0.333. The van der Waals surface area contributed by atoms with Crippen molar-refractivity contribution >= 4 is 27.3 Å². The lowest BCUT2D eigenvalue weighted by Crippen LogP contribution is -2.10. The molecule has 0 saturated carbocycles. The topological polar surface area (TPSA) is 77.0 Å². The van der Waals surface area contributed by atoms with Crippen molar-refractivity contribution < 1.29 is 4.52 Å². The molecule has 0 aliphatic heterocycles. The third kappa shape index (κ3) is 2.33. The number of nitrogens with one attached hydrogen (secondary N) is 1. The van der Waals surface area contributed by atoms with E-state index in [4.69, 9.17) is 10.3 Å². The van der Waals surface area contributed by atoms with Gasteiger partial charge in [-0.05, 0) is 36.7 Å². The fourth-order valence-electron chi connectivity index (χ4n) is 2.00. The van der Waals surface area contributed by atoms with Crippen LogP contribution in [-0.2, 0) is 0 Å². The van der Waals surface area contributed by atoms with Crippen molar-refractivity contribution in [1.82, 2.24) is 10.1 Å². The van der Waals surface area contributed by atoms with E-state index in [0.29, 0.717) is 5.69 Å². The van der Waals surface area contributed by atoms with Gasteiger partial charge in [-0.1, -0.05) is 5.16 Å². The van der Waals surface area contributed by atoms with Gasteiger partial charge >= 0.3 is 0 Å². The zero-order valence-electron chi connectivity index (χ0n) is 10.5. The molecule has 3 N–H and O–H groups in total. The number of aromatic nitrogens is 2. The summed E-state index contributed by atoms with van der Waals surface area (Å²) in [5.41, 5.74) is 9.28. The number of rotatable bonds is 3. The van der Waals surface area contributed by atoms with Crippen LogP contribution in [0.5, 0.6) is 0 Å². The second kappa shape index (κ2) is 4.97. The van der Waals surface area contributed by atoms with Crippen LogP contribution >= 0.6 is 15.9 Å². The maximum absolute atomic E-state index is 5.91. The summed E-state index contributed by atoms with van der Waals surface area (Å²) in [5.74, 6) is 0.816. The Balaban J connectivity index is 2.30. The molecule has 0 amide bonds. The van der Waals surface area contributed by atoms with Crippen LogP contribution < -0.4 is 11.1 Å². The minimum atomic E-state index is 0.0530. The van der Waals surface area contributed by atoms with Crippen molar-refractivity contribution in [2.24, 2.45) is 0 Å². The molecule has 2 aromatic rings. The van der Waals surface area contributed by atoms with Crippen molar-refractivity contribution in [2.45, 2.75) is 26.8 Å². The first-order valence-corrected chi connectivity index (χ1v) is 6.38. The quantitative estimate of drug-likeness (QED) is 0.910. The van der Waals surface area contributed by atoms with Crippen LogP contribution in [0.15, 0.2) is 21.4 Å². The largest absolute Gasteiger partial charge is 0.396 e. The lowest BCUT2D eigenvalue weighted by Gasteiger charge is -2.17. The van der Waals surface area contributed by atoms with E-state index < -0.39 is 0 Å². The highest BCUT2D eigenvalue weighted by Gasteiger charge is 2.18. The molecule has 6 heteroatoms. The molecule has 0 radical (unpaired) electrons. The molecule has 0 aliphatic carbocycles. The number of halogens is 1. The maximum atomic E-state index is 5.91. The molecule has 0 spiro atoms. The number of hydrogen-bond acceptors (Lipinski definition) is 5. The molecule has 2 aromatic heterocycles.